The third-order valence-electron chi connectivity index (χ3n) is 4.39. The SMILES string of the molecule is CCC1(c2onc(N)c2-c2cccnc2)CCCC1. The number of hydrogen-bond donors (Lipinski definition) is 1. The molecule has 2 heterocycles. The molecule has 0 bridgehead atoms. The molecule has 0 unspecified atom stereocenters. The first-order valence-corrected chi connectivity index (χ1v) is 6.93. The number of hydrogen-bond acceptors (Lipinski definition) is 4. The fourth-order valence-electron chi connectivity index (χ4n) is 3.25. The molecule has 0 saturated heterocycles. The molecular weight excluding hydrogens is 238 g/mol. The minimum atomic E-state index is 0.107. The van der Waals surface area contributed by atoms with Crippen molar-refractivity contribution >= 4 is 5.82 Å². The van der Waals surface area contributed by atoms with Gasteiger partial charge in [0.15, 0.2) is 11.6 Å². The molecule has 1 fully saturated rings. The van der Waals surface area contributed by atoms with Crippen LogP contribution in [0, 0.1) is 0 Å². The van der Waals surface area contributed by atoms with Crippen LogP contribution in [0.3, 0.4) is 0 Å². The molecule has 0 aromatic carbocycles. The van der Waals surface area contributed by atoms with Gasteiger partial charge in [0.05, 0.1) is 5.56 Å². The largest absolute Gasteiger partial charge is 0.380 e. The first-order valence-electron chi connectivity index (χ1n) is 6.93. The highest BCUT2D eigenvalue weighted by atomic mass is 16.5. The van der Waals surface area contributed by atoms with E-state index in [0.29, 0.717) is 5.82 Å². The fourth-order valence-corrected chi connectivity index (χ4v) is 3.25. The lowest BCUT2D eigenvalue weighted by Crippen LogP contribution is -2.21. The number of nitrogens with zero attached hydrogens (tertiary/aromatic N) is 2. The van der Waals surface area contributed by atoms with E-state index in [9.17, 15) is 0 Å². The molecular formula is C15H19N3O. The number of pyridine rings is 1. The Hall–Kier alpha value is -1.84. The Morgan fingerprint density at radius 2 is 2.16 bits per heavy atom. The maximum Gasteiger partial charge on any atom is 0.175 e. The van der Waals surface area contributed by atoms with Crippen molar-refractivity contribution in [3.8, 4) is 11.1 Å². The van der Waals surface area contributed by atoms with E-state index in [0.717, 1.165) is 36.1 Å². The fraction of sp³-hybridized carbons (Fsp3) is 0.467. The van der Waals surface area contributed by atoms with Gasteiger partial charge in [-0.05, 0) is 25.3 Å². The van der Waals surface area contributed by atoms with Crippen molar-refractivity contribution in [2.24, 2.45) is 0 Å². The highest BCUT2D eigenvalue weighted by molar-refractivity contribution is 5.75. The molecule has 4 heteroatoms. The van der Waals surface area contributed by atoms with Crippen LogP contribution in [0.5, 0.6) is 0 Å². The Labute approximate surface area is 113 Å². The summed E-state index contributed by atoms with van der Waals surface area (Å²) in [6.07, 6.45) is 9.47. The van der Waals surface area contributed by atoms with E-state index in [-0.39, 0.29) is 5.41 Å². The molecule has 2 N–H and O–H groups in total. The van der Waals surface area contributed by atoms with Gasteiger partial charge in [0.2, 0.25) is 0 Å². The number of rotatable bonds is 3. The molecule has 0 radical (unpaired) electrons. The molecule has 2 aromatic rings. The highest BCUT2D eigenvalue weighted by Crippen LogP contribution is 2.48. The van der Waals surface area contributed by atoms with Gasteiger partial charge in [0.25, 0.3) is 0 Å². The van der Waals surface area contributed by atoms with Gasteiger partial charge in [0, 0.05) is 23.4 Å². The van der Waals surface area contributed by atoms with Crippen LogP contribution in [0.4, 0.5) is 5.82 Å². The van der Waals surface area contributed by atoms with Gasteiger partial charge in [-0.2, -0.15) is 0 Å². The Morgan fingerprint density at radius 3 is 2.79 bits per heavy atom. The zero-order chi connectivity index (χ0) is 13.3. The van der Waals surface area contributed by atoms with E-state index in [1.54, 1.807) is 6.20 Å². The van der Waals surface area contributed by atoms with Crippen LogP contribution in [0.15, 0.2) is 29.0 Å². The van der Waals surface area contributed by atoms with Crippen LogP contribution in [0.2, 0.25) is 0 Å². The van der Waals surface area contributed by atoms with E-state index in [4.69, 9.17) is 10.3 Å². The summed E-state index contributed by atoms with van der Waals surface area (Å²) >= 11 is 0. The molecule has 3 rings (SSSR count). The summed E-state index contributed by atoms with van der Waals surface area (Å²) in [5.74, 6) is 1.43. The lowest BCUT2D eigenvalue weighted by atomic mass is 9.78. The second-order valence-electron chi connectivity index (χ2n) is 5.35. The van der Waals surface area contributed by atoms with E-state index >= 15 is 0 Å². The van der Waals surface area contributed by atoms with Gasteiger partial charge in [0.1, 0.15) is 0 Å². The molecule has 1 aliphatic rings. The average molecular weight is 257 g/mol. The Morgan fingerprint density at radius 1 is 1.37 bits per heavy atom. The molecule has 0 aliphatic heterocycles. The standard InChI is InChI=1S/C15H19N3O/c1-2-15(7-3-4-8-15)13-12(14(16)18-19-13)11-6-5-9-17-10-11/h5-6,9-10H,2-4,7-8H2,1H3,(H2,16,18). The summed E-state index contributed by atoms with van der Waals surface area (Å²) in [6.45, 7) is 2.22. The van der Waals surface area contributed by atoms with Crippen LogP contribution >= 0.6 is 0 Å². The van der Waals surface area contributed by atoms with Crippen LogP contribution < -0.4 is 5.73 Å². The lowest BCUT2D eigenvalue weighted by molar-refractivity contribution is 0.284. The van der Waals surface area contributed by atoms with Crippen molar-refractivity contribution in [2.75, 3.05) is 5.73 Å². The van der Waals surface area contributed by atoms with Gasteiger partial charge in [-0.15, -0.1) is 0 Å². The Kier molecular flexibility index (Phi) is 3.01. The van der Waals surface area contributed by atoms with Crippen LogP contribution in [0.1, 0.15) is 44.8 Å². The maximum absolute atomic E-state index is 6.02. The maximum atomic E-state index is 6.02. The minimum Gasteiger partial charge on any atom is -0.380 e. The third-order valence-corrected chi connectivity index (χ3v) is 4.39. The number of nitrogen functional groups attached to an aromatic ring is 1. The van der Waals surface area contributed by atoms with Gasteiger partial charge in [-0.25, -0.2) is 0 Å². The van der Waals surface area contributed by atoms with Gasteiger partial charge in [-0.1, -0.05) is 31.0 Å². The average Bonchev–Trinajstić information content (AvgIpc) is 3.07. The van der Waals surface area contributed by atoms with E-state index in [2.05, 4.69) is 17.1 Å². The molecule has 1 aliphatic carbocycles. The second-order valence-corrected chi connectivity index (χ2v) is 5.35. The number of aromatic nitrogens is 2. The quantitative estimate of drug-likeness (QED) is 0.913. The van der Waals surface area contributed by atoms with Crippen molar-refractivity contribution < 1.29 is 4.52 Å². The summed E-state index contributed by atoms with van der Waals surface area (Å²) < 4.78 is 5.63. The monoisotopic (exact) mass is 257 g/mol. The number of nitrogens with two attached hydrogens (primary N) is 1. The smallest absolute Gasteiger partial charge is 0.175 e. The van der Waals surface area contributed by atoms with Crippen molar-refractivity contribution in [2.45, 2.75) is 44.4 Å². The van der Waals surface area contributed by atoms with Gasteiger partial charge in [-0.3, -0.25) is 4.98 Å². The first-order chi connectivity index (χ1) is 9.27. The first kappa shape index (κ1) is 12.2. The topological polar surface area (TPSA) is 64.9 Å². The van der Waals surface area contributed by atoms with Crippen molar-refractivity contribution in [3.05, 3.63) is 30.3 Å². The van der Waals surface area contributed by atoms with Crippen LogP contribution in [-0.4, -0.2) is 10.1 Å². The summed E-state index contributed by atoms with van der Waals surface area (Å²) in [6, 6.07) is 3.93. The molecule has 0 spiro atoms. The van der Waals surface area contributed by atoms with Crippen molar-refractivity contribution in [1.82, 2.24) is 10.1 Å². The Balaban J connectivity index is 2.13. The van der Waals surface area contributed by atoms with E-state index in [1.165, 1.54) is 12.8 Å². The normalized spacial score (nSPS) is 17.7. The minimum absolute atomic E-state index is 0.107. The molecule has 1 saturated carbocycles. The highest BCUT2D eigenvalue weighted by Gasteiger charge is 2.40. The van der Waals surface area contributed by atoms with Gasteiger partial charge < -0.3 is 10.3 Å². The predicted molar refractivity (Wildman–Crippen MR) is 74.6 cm³/mol. The van der Waals surface area contributed by atoms with E-state index in [1.807, 2.05) is 18.3 Å². The van der Waals surface area contributed by atoms with Crippen LogP contribution in [-0.2, 0) is 5.41 Å². The molecule has 4 nitrogen and oxygen atoms in total. The molecule has 100 valence electrons. The van der Waals surface area contributed by atoms with Gasteiger partial charge >= 0.3 is 0 Å². The predicted octanol–water partition coefficient (Wildman–Crippen LogP) is 3.54. The third kappa shape index (κ3) is 1.91. The Bertz CT molecular complexity index is 556. The summed E-state index contributed by atoms with van der Waals surface area (Å²) in [5.41, 5.74) is 8.07. The molecule has 2 aromatic heterocycles. The summed E-state index contributed by atoms with van der Waals surface area (Å²) in [4.78, 5) is 4.17. The molecule has 0 amide bonds. The summed E-state index contributed by atoms with van der Waals surface area (Å²) in [5, 5.41) is 4.01. The second kappa shape index (κ2) is 4.68. The number of anilines is 1. The van der Waals surface area contributed by atoms with E-state index < -0.39 is 0 Å². The lowest BCUT2D eigenvalue weighted by Gasteiger charge is -2.25. The zero-order valence-electron chi connectivity index (χ0n) is 11.2. The zero-order valence-corrected chi connectivity index (χ0v) is 11.2. The van der Waals surface area contributed by atoms with Crippen molar-refractivity contribution in [3.63, 3.8) is 0 Å². The molecule has 19 heavy (non-hydrogen) atoms. The molecule has 0 atom stereocenters. The van der Waals surface area contributed by atoms with Crippen LogP contribution in [0.25, 0.3) is 11.1 Å². The van der Waals surface area contributed by atoms with Crippen molar-refractivity contribution in [1.29, 1.82) is 0 Å². The summed E-state index contributed by atoms with van der Waals surface area (Å²) in [7, 11) is 0.